The summed E-state index contributed by atoms with van der Waals surface area (Å²) < 4.78 is 0. The first-order valence-electron chi connectivity index (χ1n) is 8.53. The van der Waals surface area contributed by atoms with Gasteiger partial charge in [0, 0.05) is 37.1 Å². The zero-order valence-corrected chi connectivity index (χ0v) is 13.3. The molecule has 1 amide bonds. The van der Waals surface area contributed by atoms with Crippen molar-refractivity contribution >= 4 is 5.91 Å². The monoisotopic (exact) mass is 300 g/mol. The number of likely N-dealkylation sites (tertiary alicyclic amines) is 2. The minimum Gasteiger partial charge on any atom is -0.338 e. The second-order valence-electron chi connectivity index (χ2n) is 7.03. The van der Waals surface area contributed by atoms with Gasteiger partial charge in [0.1, 0.15) is 11.4 Å². The van der Waals surface area contributed by atoms with Gasteiger partial charge in [-0.3, -0.25) is 9.69 Å². The summed E-state index contributed by atoms with van der Waals surface area (Å²) in [6.07, 6.45) is 10.5. The number of piperidine rings is 1. The summed E-state index contributed by atoms with van der Waals surface area (Å²) in [4.78, 5) is 26.3. The SMILES string of the molecule is Cc1ncc(CN2CCCC23CCCN(C2CC2)C3=O)cn1. The molecule has 3 heterocycles. The van der Waals surface area contributed by atoms with Crippen molar-refractivity contribution < 1.29 is 4.79 Å². The van der Waals surface area contributed by atoms with Gasteiger partial charge in [0.05, 0.1) is 0 Å². The van der Waals surface area contributed by atoms with Gasteiger partial charge in [-0.15, -0.1) is 0 Å². The Morgan fingerprint density at radius 1 is 1.18 bits per heavy atom. The molecule has 0 aromatic carbocycles. The number of carbonyl (C=O) groups excluding carboxylic acids is 1. The lowest BCUT2D eigenvalue weighted by Gasteiger charge is -2.45. The van der Waals surface area contributed by atoms with Crippen molar-refractivity contribution in [3.63, 3.8) is 0 Å². The molecular weight excluding hydrogens is 276 g/mol. The van der Waals surface area contributed by atoms with Gasteiger partial charge in [0.2, 0.25) is 5.91 Å². The summed E-state index contributed by atoms with van der Waals surface area (Å²) in [5, 5.41) is 0. The Labute approximate surface area is 131 Å². The van der Waals surface area contributed by atoms with Crippen LogP contribution in [0.4, 0.5) is 0 Å². The third-order valence-corrected chi connectivity index (χ3v) is 5.47. The van der Waals surface area contributed by atoms with Crippen LogP contribution in [0.15, 0.2) is 12.4 Å². The van der Waals surface area contributed by atoms with Crippen molar-refractivity contribution in [2.75, 3.05) is 13.1 Å². The molecule has 1 saturated carbocycles. The molecule has 0 N–H and O–H groups in total. The predicted octanol–water partition coefficient (Wildman–Crippen LogP) is 1.90. The van der Waals surface area contributed by atoms with E-state index in [4.69, 9.17) is 0 Å². The molecule has 3 aliphatic rings. The van der Waals surface area contributed by atoms with Gasteiger partial charge in [0.15, 0.2) is 0 Å². The van der Waals surface area contributed by atoms with Crippen LogP contribution in [0, 0.1) is 6.92 Å². The van der Waals surface area contributed by atoms with Crippen molar-refractivity contribution in [2.24, 2.45) is 0 Å². The third kappa shape index (κ3) is 2.32. The van der Waals surface area contributed by atoms with Gasteiger partial charge < -0.3 is 4.90 Å². The fourth-order valence-electron chi connectivity index (χ4n) is 4.16. The largest absolute Gasteiger partial charge is 0.338 e. The maximum absolute atomic E-state index is 13.1. The Bertz CT molecular complexity index is 569. The lowest BCUT2D eigenvalue weighted by Crippen LogP contribution is -2.60. The van der Waals surface area contributed by atoms with Crippen LogP contribution in [0.1, 0.15) is 49.9 Å². The zero-order valence-electron chi connectivity index (χ0n) is 13.3. The normalized spacial score (nSPS) is 29.5. The number of hydrogen-bond donors (Lipinski definition) is 0. The standard InChI is InChI=1S/C17H24N4O/c1-13-18-10-14(11-19-13)12-20-8-2-6-17(20)7-3-9-21(16(17)22)15-4-5-15/h10-11,15H,2-9,12H2,1H3. The molecule has 1 unspecified atom stereocenters. The molecular formula is C17H24N4O. The molecule has 5 nitrogen and oxygen atoms in total. The van der Waals surface area contributed by atoms with Crippen molar-refractivity contribution in [3.05, 3.63) is 23.8 Å². The van der Waals surface area contributed by atoms with E-state index in [1.807, 2.05) is 19.3 Å². The molecule has 118 valence electrons. The highest BCUT2D eigenvalue weighted by atomic mass is 16.2. The van der Waals surface area contributed by atoms with E-state index in [1.54, 1.807) is 0 Å². The summed E-state index contributed by atoms with van der Waals surface area (Å²) in [5.41, 5.74) is 0.870. The van der Waals surface area contributed by atoms with Crippen LogP contribution in [0.2, 0.25) is 0 Å². The van der Waals surface area contributed by atoms with Crippen LogP contribution < -0.4 is 0 Å². The van der Waals surface area contributed by atoms with Crippen LogP contribution >= 0.6 is 0 Å². The predicted molar refractivity (Wildman–Crippen MR) is 83.1 cm³/mol. The average Bonchev–Trinajstić information content (AvgIpc) is 3.28. The van der Waals surface area contributed by atoms with Gasteiger partial charge in [0.25, 0.3) is 0 Å². The topological polar surface area (TPSA) is 49.3 Å². The maximum Gasteiger partial charge on any atom is 0.243 e. The molecule has 1 aromatic rings. The van der Waals surface area contributed by atoms with E-state index < -0.39 is 0 Å². The Morgan fingerprint density at radius 2 is 1.86 bits per heavy atom. The minimum absolute atomic E-state index is 0.244. The van der Waals surface area contributed by atoms with Crippen LogP contribution in [0.25, 0.3) is 0 Å². The fourth-order valence-corrected chi connectivity index (χ4v) is 4.16. The fraction of sp³-hybridized carbons (Fsp3) is 0.706. The van der Waals surface area contributed by atoms with E-state index in [0.717, 1.165) is 56.7 Å². The van der Waals surface area contributed by atoms with E-state index in [-0.39, 0.29) is 5.54 Å². The molecule has 1 atom stereocenters. The quantitative estimate of drug-likeness (QED) is 0.855. The molecule has 22 heavy (non-hydrogen) atoms. The van der Waals surface area contributed by atoms with Gasteiger partial charge in [-0.2, -0.15) is 0 Å². The summed E-state index contributed by atoms with van der Waals surface area (Å²) >= 11 is 0. The molecule has 5 heteroatoms. The minimum atomic E-state index is -0.244. The Kier molecular flexibility index (Phi) is 3.40. The van der Waals surface area contributed by atoms with E-state index >= 15 is 0 Å². The molecule has 2 saturated heterocycles. The number of amides is 1. The molecule has 0 bridgehead atoms. The Morgan fingerprint density at radius 3 is 2.55 bits per heavy atom. The number of aromatic nitrogens is 2. The Balaban J connectivity index is 1.56. The van der Waals surface area contributed by atoms with Crippen LogP contribution in [0.5, 0.6) is 0 Å². The number of carbonyl (C=O) groups is 1. The highest BCUT2D eigenvalue weighted by molar-refractivity contribution is 5.88. The van der Waals surface area contributed by atoms with Crippen molar-refractivity contribution in [1.29, 1.82) is 0 Å². The molecule has 3 fully saturated rings. The molecule has 0 radical (unpaired) electrons. The molecule has 4 rings (SSSR count). The van der Waals surface area contributed by atoms with E-state index in [2.05, 4.69) is 19.8 Å². The number of hydrogen-bond acceptors (Lipinski definition) is 4. The summed E-state index contributed by atoms with van der Waals surface area (Å²) in [6.45, 7) is 4.68. The van der Waals surface area contributed by atoms with Crippen LogP contribution in [0.3, 0.4) is 0 Å². The van der Waals surface area contributed by atoms with Gasteiger partial charge >= 0.3 is 0 Å². The maximum atomic E-state index is 13.1. The lowest BCUT2D eigenvalue weighted by atomic mass is 9.85. The Hall–Kier alpha value is -1.49. The highest BCUT2D eigenvalue weighted by Crippen LogP contribution is 2.42. The van der Waals surface area contributed by atoms with E-state index in [0.29, 0.717) is 11.9 Å². The zero-order chi connectivity index (χ0) is 15.2. The van der Waals surface area contributed by atoms with Crippen molar-refractivity contribution in [2.45, 2.75) is 63.6 Å². The molecule has 1 spiro atoms. The lowest BCUT2D eigenvalue weighted by molar-refractivity contribution is -0.148. The summed E-state index contributed by atoms with van der Waals surface area (Å²) in [7, 11) is 0. The summed E-state index contributed by atoms with van der Waals surface area (Å²) in [5.74, 6) is 1.19. The van der Waals surface area contributed by atoms with Crippen LogP contribution in [-0.2, 0) is 11.3 Å². The van der Waals surface area contributed by atoms with Crippen LogP contribution in [-0.4, -0.2) is 50.3 Å². The van der Waals surface area contributed by atoms with E-state index in [9.17, 15) is 4.79 Å². The van der Waals surface area contributed by atoms with Crippen molar-refractivity contribution in [3.8, 4) is 0 Å². The van der Waals surface area contributed by atoms with Crippen molar-refractivity contribution in [1.82, 2.24) is 19.8 Å². The molecule has 1 aromatic heterocycles. The first-order chi connectivity index (χ1) is 10.7. The van der Waals surface area contributed by atoms with Gasteiger partial charge in [-0.1, -0.05) is 0 Å². The van der Waals surface area contributed by atoms with E-state index in [1.165, 1.54) is 12.8 Å². The summed E-state index contributed by atoms with van der Waals surface area (Å²) in [6, 6.07) is 0.537. The second kappa shape index (κ2) is 5.30. The highest BCUT2D eigenvalue weighted by Gasteiger charge is 2.52. The molecule has 1 aliphatic carbocycles. The third-order valence-electron chi connectivity index (χ3n) is 5.47. The number of nitrogens with zero attached hydrogens (tertiary/aromatic N) is 4. The van der Waals surface area contributed by atoms with Gasteiger partial charge in [-0.05, 0) is 52.0 Å². The first kappa shape index (κ1) is 14.1. The smallest absolute Gasteiger partial charge is 0.243 e. The first-order valence-corrected chi connectivity index (χ1v) is 8.53. The average molecular weight is 300 g/mol. The number of rotatable bonds is 3. The number of aryl methyl sites for hydroxylation is 1. The molecule has 2 aliphatic heterocycles. The second-order valence-corrected chi connectivity index (χ2v) is 7.03. The van der Waals surface area contributed by atoms with Gasteiger partial charge in [-0.25, -0.2) is 9.97 Å².